The number of nitrogens with one attached hydrogen (secondary N) is 2. The fourth-order valence-corrected chi connectivity index (χ4v) is 3.89. The second-order valence-corrected chi connectivity index (χ2v) is 9.05. The summed E-state index contributed by atoms with van der Waals surface area (Å²) in [6.07, 6.45) is 1.29. The van der Waals surface area contributed by atoms with E-state index in [4.69, 9.17) is 4.74 Å². The highest BCUT2D eigenvalue weighted by molar-refractivity contribution is 9.10. The number of halogens is 1. The standard InChI is InChI=1S/C22H18BrN3O5S/c23-18-11-12-20(31-22(28)16-7-3-1-4-8-16)17(13-18)14-24-26-21(27)15-25-32(29,30)19-9-5-2-6-10-19/h1-14,25H,15H2,(H,26,27)/b24-14+. The number of carbonyl (C=O) groups excluding carboxylic acids is 2. The van der Waals surface area contributed by atoms with Crippen LogP contribution in [0.25, 0.3) is 0 Å². The molecule has 0 aliphatic heterocycles. The van der Waals surface area contributed by atoms with Gasteiger partial charge in [0.2, 0.25) is 10.0 Å². The second-order valence-electron chi connectivity index (χ2n) is 6.37. The summed E-state index contributed by atoms with van der Waals surface area (Å²) in [7, 11) is -3.81. The van der Waals surface area contributed by atoms with Crippen molar-refractivity contribution in [2.24, 2.45) is 5.10 Å². The maximum Gasteiger partial charge on any atom is 0.343 e. The molecule has 0 fully saturated rings. The van der Waals surface area contributed by atoms with Crippen LogP contribution in [-0.4, -0.2) is 33.1 Å². The first-order chi connectivity index (χ1) is 15.3. The van der Waals surface area contributed by atoms with Gasteiger partial charge in [-0.3, -0.25) is 4.79 Å². The van der Waals surface area contributed by atoms with Gasteiger partial charge in [0.15, 0.2) is 0 Å². The third-order valence-electron chi connectivity index (χ3n) is 4.05. The lowest BCUT2D eigenvalue weighted by atomic mass is 10.2. The number of benzene rings is 3. The molecule has 164 valence electrons. The van der Waals surface area contributed by atoms with Crippen molar-refractivity contribution in [3.63, 3.8) is 0 Å². The van der Waals surface area contributed by atoms with Gasteiger partial charge in [0.05, 0.1) is 23.2 Å². The molecule has 0 spiro atoms. The van der Waals surface area contributed by atoms with Gasteiger partial charge >= 0.3 is 5.97 Å². The van der Waals surface area contributed by atoms with Crippen molar-refractivity contribution in [3.8, 4) is 5.75 Å². The van der Waals surface area contributed by atoms with E-state index < -0.39 is 28.4 Å². The van der Waals surface area contributed by atoms with E-state index in [1.807, 2.05) is 0 Å². The van der Waals surface area contributed by atoms with Crippen molar-refractivity contribution in [1.29, 1.82) is 0 Å². The van der Waals surface area contributed by atoms with Gasteiger partial charge in [0.1, 0.15) is 5.75 Å². The molecule has 0 heterocycles. The number of hydrogen-bond donors (Lipinski definition) is 2. The molecule has 0 unspecified atom stereocenters. The van der Waals surface area contributed by atoms with Crippen molar-refractivity contribution in [2.75, 3.05) is 6.54 Å². The molecule has 3 aromatic carbocycles. The van der Waals surface area contributed by atoms with Crippen LogP contribution in [0.15, 0.2) is 93.3 Å². The van der Waals surface area contributed by atoms with Crippen molar-refractivity contribution in [1.82, 2.24) is 10.1 Å². The predicted molar refractivity (Wildman–Crippen MR) is 123 cm³/mol. The maximum atomic E-state index is 12.3. The third kappa shape index (κ3) is 6.58. The van der Waals surface area contributed by atoms with Gasteiger partial charge in [-0.05, 0) is 42.5 Å². The normalized spacial score (nSPS) is 11.3. The van der Waals surface area contributed by atoms with Crippen molar-refractivity contribution < 1.29 is 22.7 Å². The monoisotopic (exact) mass is 515 g/mol. The Morgan fingerprint density at radius 2 is 1.62 bits per heavy atom. The predicted octanol–water partition coefficient (Wildman–Crippen LogP) is 3.10. The van der Waals surface area contributed by atoms with E-state index in [-0.39, 0.29) is 10.6 Å². The van der Waals surface area contributed by atoms with Crippen LogP contribution in [-0.2, 0) is 14.8 Å². The van der Waals surface area contributed by atoms with Crippen LogP contribution in [0.2, 0.25) is 0 Å². The van der Waals surface area contributed by atoms with Gasteiger partial charge in [-0.2, -0.15) is 5.10 Å². The fraction of sp³-hybridized carbons (Fsp3) is 0.0455. The average molecular weight is 516 g/mol. The molecule has 3 aromatic rings. The van der Waals surface area contributed by atoms with Crippen LogP contribution >= 0.6 is 15.9 Å². The number of amides is 1. The highest BCUT2D eigenvalue weighted by Gasteiger charge is 2.15. The first-order valence-corrected chi connectivity index (χ1v) is 11.6. The lowest BCUT2D eigenvalue weighted by molar-refractivity contribution is -0.119. The number of ether oxygens (including phenoxy) is 1. The molecule has 0 saturated carbocycles. The van der Waals surface area contributed by atoms with Gasteiger partial charge in [0, 0.05) is 10.0 Å². The fourth-order valence-electron chi connectivity index (χ4n) is 2.50. The Labute approximate surface area is 193 Å². The quantitative estimate of drug-likeness (QED) is 0.207. The molecule has 0 bridgehead atoms. The van der Waals surface area contributed by atoms with E-state index in [1.165, 1.54) is 18.3 Å². The molecule has 32 heavy (non-hydrogen) atoms. The molecule has 0 aliphatic rings. The smallest absolute Gasteiger partial charge is 0.343 e. The minimum atomic E-state index is -3.81. The maximum absolute atomic E-state index is 12.3. The zero-order valence-electron chi connectivity index (χ0n) is 16.6. The van der Waals surface area contributed by atoms with E-state index in [0.717, 1.165) is 0 Å². The van der Waals surface area contributed by atoms with Crippen LogP contribution in [0.3, 0.4) is 0 Å². The molecule has 8 nitrogen and oxygen atoms in total. The van der Waals surface area contributed by atoms with E-state index in [1.54, 1.807) is 66.7 Å². The summed E-state index contributed by atoms with van der Waals surface area (Å²) >= 11 is 3.33. The Hall–Kier alpha value is -3.34. The van der Waals surface area contributed by atoms with Gasteiger partial charge in [0.25, 0.3) is 5.91 Å². The Morgan fingerprint density at radius 1 is 0.969 bits per heavy atom. The molecule has 10 heteroatoms. The highest BCUT2D eigenvalue weighted by atomic mass is 79.9. The topological polar surface area (TPSA) is 114 Å². The van der Waals surface area contributed by atoms with Crippen molar-refractivity contribution in [2.45, 2.75) is 4.90 Å². The van der Waals surface area contributed by atoms with Crippen molar-refractivity contribution >= 4 is 44.0 Å². The molecular formula is C22H18BrN3O5S. The van der Waals surface area contributed by atoms with Gasteiger partial charge in [-0.15, -0.1) is 0 Å². The minimum absolute atomic E-state index is 0.0512. The number of esters is 1. The van der Waals surface area contributed by atoms with E-state index in [0.29, 0.717) is 15.6 Å². The zero-order valence-corrected chi connectivity index (χ0v) is 19.0. The second kappa shape index (κ2) is 10.8. The average Bonchev–Trinajstić information content (AvgIpc) is 2.80. The SMILES string of the molecule is O=C(CNS(=O)(=O)c1ccccc1)N/N=C/c1cc(Br)ccc1OC(=O)c1ccccc1. The molecular weight excluding hydrogens is 498 g/mol. The first-order valence-electron chi connectivity index (χ1n) is 9.28. The molecule has 1 amide bonds. The number of hydrogen-bond acceptors (Lipinski definition) is 6. The molecule has 0 radical (unpaired) electrons. The Balaban J connectivity index is 1.61. The Kier molecular flexibility index (Phi) is 7.87. The van der Waals surface area contributed by atoms with Crippen LogP contribution in [0.1, 0.15) is 15.9 Å². The molecule has 0 aromatic heterocycles. The zero-order chi connectivity index (χ0) is 23.0. The Morgan fingerprint density at radius 3 is 2.31 bits per heavy atom. The summed E-state index contributed by atoms with van der Waals surface area (Å²) in [4.78, 5) is 24.3. The summed E-state index contributed by atoms with van der Waals surface area (Å²) in [5, 5.41) is 3.83. The molecule has 2 N–H and O–H groups in total. The summed E-state index contributed by atoms with van der Waals surface area (Å²) in [5.74, 6) is -0.967. The summed E-state index contributed by atoms with van der Waals surface area (Å²) in [5.41, 5.74) is 3.05. The first kappa shape index (κ1) is 23.3. The van der Waals surface area contributed by atoms with Crippen LogP contribution in [0.5, 0.6) is 5.75 Å². The van der Waals surface area contributed by atoms with E-state index in [2.05, 4.69) is 31.2 Å². The van der Waals surface area contributed by atoms with Gasteiger partial charge in [-0.25, -0.2) is 23.4 Å². The van der Waals surface area contributed by atoms with E-state index in [9.17, 15) is 18.0 Å². The molecule has 0 atom stereocenters. The molecule has 0 aliphatic carbocycles. The summed E-state index contributed by atoms with van der Waals surface area (Å²) in [6.45, 7) is -0.497. The minimum Gasteiger partial charge on any atom is -0.422 e. The van der Waals surface area contributed by atoms with Crippen LogP contribution in [0, 0.1) is 0 Å². The highest BCUT2D eigenvalue weighted by Crippen LogP contribution is 2.23. The number of rotatable bonds is 8. The number of nitrogens with zero attached hydrogens (tertiary/aromatic N) is 1. The lowest BCUT2D eigenvalue weighted by Crippen LogP contribution is -2.34. The Bertz CT molecular complexity index is 1230. The van der Waals surface area contributed by atoms with E-state index >= 15 is 0 Å². The van der Waals surface area contributed by atoms with Crippen molar-refractivity contribution in [3.05, 3.63) is 94.5 Å². The van der Waals surface area contributed by atoms with Gasteiger partial charge in [-0.1, -0.05) is 52.3 Å². The number of hydrazone groups is 1. The summed E-state index contributed by atoms with van der Waals surface area (Å²) in [6, 6.07) is 21.1. The number of carbonyl (C=O) groups is 2. The number of sulfonamides is 1. The molecule has 0 saturated heterocycles. The van der Waals surface area contributed by atoms with Crippen LogP contribution < -0.4 is 14.9 Å². The largest absolute Gasteiger partial charge is 0.422 e. The third-order valence-corrected chi connectivity index (χ3v) is 5.96. The van der Waals surface area contributed by atoms with Crippen LogP contribution in [0.4, 0.5) is 0 Å². The van der Waals surface area contributed by atoms with Gasteiger partial charge < -0.3 is 4.74 Å². The lowest BCUT2D eigenvalue weighted by Gasteiger charge is -2.08. The molecule has 3 rings (SSSR count). The summed E-state index contributed by atoms with van der Waals surface area (Å²) < 4.78 is 32.6.